The molecule has 0 unspecified atom stereocenters. The molecule has 0 spiro atoms. The summed E-state index contributed by atoms with van der Waals surface area (Å²) in [5.41, 5.74) is 3.10. The molecule has 228 valence electrons. The molecule has 0 radical (unpaired) electrons. The average Bonchev–Trinajstić information content (AvgIpc) is 3.55. The number of amides is 2. The largest absolute Gasteiger partial charge is 0.463 e. The standard InChI is InChI=1S/C35H30N2O7S/c1-42-34(40)27-18-17-26(43-27)20-25-21-45-33-29(36-28(38)19-22-11-5-2-6-12-22)32(39)37(33)30(25)35(41)44-31(23-13-7-3-8-14-23)24-15-9-4-10-16-24/h2-18,29,31,33H,19-21H2,1H3,(H,36,38)/t29-,33-/m1/s1. The van der Waals surface area contributed by atoms with Gasteiger partial charge < -0.3 is 19.2 Å². The van der Waals surface area contributed by atoms with Crippen LogP contribution >= 0.6 is 11.8 Å². The number of furan rings is 1. The lowest BCUT2D eigenvalue weighted by atomic mass is 9.99. The molecule has 2 atom stereocenters. The van der Waals surface area contributed by atoms with Gasteiger partial charge in [0.05, 0.1) is 13.5 Å². The fourth-order valence-electron chi connectivity index (χ4n) is 5.45. The number of thioether (sulfide) groups is 1. The van der Waals surface area contributed by atoms with Crippen molar-refractivity contribution < 1.29 is 33.1 Å². The van der Waals surface area contributed by atoms with Crippen molar-refractivity contribution in [2.75, 3.05) is 12.9 Å². The van der Waals surface area contributed by atoms with Crippen LogP contribution in [0.3, 0.4) is 0 Å². The molecular formula is C35H30N2O7S. The highest BCUT2D eigenvalue weighted by molar-refractivity contribution is 8.00. The molecule has 3 heterocycles. The van der Waals surface area contributed by atoms with Crippen LogP contribution in [0.25, 0.3) is 0 Å². The number of nitrogens with one attached hydrogen (secondary N) is 1. The topological polar surface area (TPSA) is 115 Å². The number of methoxy groups -OCH3 is 1. The van der Waals surface area contributed by atoms with E-state index in [1.807, 2.05) is 91.0 Å². The molecule has 0 aliphatic carbocycles. The predicted molar refractivity (Wildman–Crippen MR) is 167 cm³/mol. The number of fused-ring (bicyclic) bond motifs is 1. The highest BCUT2D eigenvalue weighted by atomic mass is 32.2. The zero-order valence-corrected chi connectivity index (χ0v) is 25.2. The lowest BCUT2D eigenvalue weighted by Gasteiger charge is -2.49. The highest BCUT2D eigenvalue weighted by Crippen LogP contribution is 2.42. The molecule has 9 nitrogen and oxygen atoms in total. The summed E-state index contributed by atoms with van der Waals surface area (Å²) < 4.78 is 16.6. The van der Waals surface area contributed by atoms with Gasteiger partial charge in [-0.15, -0.1) is 11.8 Å². The number of hydrogen-bond acceptors (Lipinski definition) is 8. The first kappa shape index (κ1) is 30.0. The van der Waals surface area contributed by atoms with Crippen LogP contribution in [0.2, 0.25) is 0 Å². The minimum absolute atomic E-state index is 0.0352. The summed E-state index contributed by atoms with van der Waals surface area (Å²) in [6, 6.07) is 30.4. The number of ether oxygens (including phenoxy) is 2. The van der Waals surface area contributed by atoms with Crippen LogP contribution in [0.4, 0.5) is 0 Å². The maximum atomic E-state index is 14.1. The lowest BCUT2D eigenvalue weighted by Crippen LogP contribution is -2.70. The van der Waals surface area contributed by atoms with Crippen molar-refractivity contribution in [3.05, 3.63) is 143 Å². The molecule has 3 aromatic carbocycles. The summed E-state index contributed by atoms with van der Waals surface area (Å²) in [5.74, 6) is -1.13. The van der Waals surface area contributed by atoms with Gasteiger partial charge in [-0.1, -0.05) is 91.0 Å². The highest BCUT2D eigenvalue weighted by Gasteiger charge is 2.54. The summed E-state index contributed by atoms with van der Waals surface area (Å²) in [6.45, 7) is 0. The van der Waals surface area contributed by atoms with Crippen molar-refractivity contribution in [3.8, 4) is 0 Å². The van der Waals surface area contributed by atoms with Gasteiger partial charge in [0.15, 0.2) is 6.10 Å². The molecule has 1 N–H and O–H groups in total. The second-order valence-corrected chi connectivity index (χ2v) is 11.7. The maximum Gasteiger partial charge on any atom is 0.373 e. The second kappa shape index (κ2) is 13.3. The van der Waals surface area contributed by atoms with E-state index in [-0.39, 0.29) is 30.2 Å². The fourth-order valence-corrected chi connectivity index (χ4v) is 6.80. The van der Waals surface area contributed by atoms with Gasteiger partial charge >= 0.3 is 11.9 Å². The van der Waals surface area contributed by atoms with Crippen molar-refractivity contribution in [2.45, 2.75) is 30.4 Å². The van der Waals surface area contributed by atoms with E-state index in [1.54, 1.807) is 6.07 Å². The Morgan fingerprint density at radius 3 is 2.13 bits per heavy atom. The van der Waals surface area contributed by atoms with E-state index in [2.05, 4.69) is 5.32 Å². The first-order chi connectivity index (χ1) is 21.9. The Kier molecular flexibility index (Phi) is 8.84. The molecule has 1 aromatic heterocycles. The smallest absolute Gasteiger partial charge is 0.373 e. The molecule has 10 heteroatoms. The maximum absolute atomic E-state index is 14.1. The van der Waals surface area contributed by atoms with Crippen molar-refractivity contribution in [1.82, 2.24) is 10.2 Å². The number of benzene rings is 3. The minimum Gasteiger partial charge on any atom is -0.463 e. The van der Waals surface area contributed by atoms with E-state index in [1.165, 1.54) is 29.8 Å². The lowest BCUT2D eigenvalue weighted by molar-refractivity contribution is -0.154. The Hall–Kier alpha value is -5.09. The quantitative estimate of drug-likeness (QED) is 0.198. The third-order valence-electron chi connectivity index (χ3n) is 7.63. The molecule has 0 saturated carbocycles. The Morgan fingerprint density at radius 2 is 1.51 bits per heavy atom. The third kappa shape index (κ3) is 6.41. The number of β-lactam (4-membered cyclic amide) rings is 1. The number of nitrogens with zero attached hydrogens (tertiary/aromatic N) is 1. The number of esters is 2. The molecule has 2 aliphatic rings. The van der Waals surface area contributed by atoms with E-state index in [0.29, 0.717) is 17.1 Å². The van der Waals surface area contributed by atoms with Gasteiger partial charge in [-0.05, 0) is 34.4 Å². The van der Waals surface area contributed by atoms with Crippen LogP contribution in [0.15, 0.2) is 119 Å². The van der Waals surface area contributed by atoms with E-state index in [9.17, 15) is 19.2 Å². The first-order valence-corrected chi connectivity index (χ1v) is 15.5. The Labute approximate surface area is 264 Å². The summed E-state index contributed by atoms with van der Waals surface area (Å²) in [5, 5.41) is 2.37. The van der Waals surface area contributed by atoms with Gasteiger partial charge in [0.1, 0.15) is 22.9 Å². The first-order valence-electron chi connectivity index (χ1n) is 14.4. The van der Waals surface area contributed by atoms with Crippen LogP contribution in [0.5, 0.6) is 0 Å². The molecule has 6 rings (SSSR count). The van der Waals surface area contributed by atoms with Crippen LogP contribution in [0, 0.1) is 0 Å². The molecule has 1 saturated heterocycles. The zero-order chi connectivity index (χ0) is 31.3. The fraction of sp³-hybridized carbons (Fsp3) is 0.200. The molecule has 4 aromatic rings. The van der Waals surface area contributed by atoms with Gasteiger partial charge in [-0.2, -0.15) is 0 Å². The molecule has 1 fully saturated rings. The van der Waals surface area contributed by atoms with Crippen molar-refractivity contribution in [2.24, 2.45) is 0 Å². The predicted octanol–water partition coefficient (Wildman–Crippen LogP) is 4.84. The van der Waals surface area contributed by atoms with Crippen LogP contribution < -0.4 is 5.32 Å². The summed E-state index contributed by atoms with van der Waals surface area (Å²) >= 11 is 1.44. The molecular weight excluding hydrogens is 592 g/mol. The second-order valence-electron chi connectivity index (χ2n) is 10.6. The average molecular weight is 623 g/mol. The van der Waals surface area contributed by atoms with E-state index in [4.69, 9.17) is 13.9 Å². The number of carbonyl (C=O) groups is 4. The van der Waals surface area contributed by atoms with Gasteiger partial charge in [0, 0.05) is 12.2 Å². The molecule has 45 heavy (non-hydrogen) atoms. The van der Waals surface area contributed by atoms with Crippen LogP contribution in [-0.4, -0.2) is 52.9 Å². The van der Waals surface area contributed by atoms with Crippen molar-refractivity contribution >= 4 is 35.5 Å². The van der Waals surface area contributed by atoms with Gasteiger partial charge in [0.25, 0.3) is 5.91 Å². The Morgan fingerprint density at radius 1 is 0.889 bits per heavy atom. The normalized spacial score (nSPS) is 17.4. The zero-order valence-electron chi connectivity index (χ0n) is 24.4. The van der Waals surface area contributed by atoms with E-state index >= 15 is 0 Å². The van der Waals surface area contributed by atoms with E-state index < -0.39 is 35.4 Å². The Bertz CT molecular complexity index is 1700. The van der Waals surface area contributed by atoms with E-state index in [0.717, 1.165) is 16.7 Å². The number of hydrogen-bond donors (Lipinski definition) is 1. The molecule has 0 bridgehead atoms. The Balaban J connectivity index is 1.29. The van der Waals surface area contributed by atoms with Crippen LogP contribution in [-0.2, 0) is 36.7 Å². The van der Waals surface area contributed by atoms with Crippen molar-refractivity contribution in [3.63, 3.8) is 0 Å². The third-order valence-corrected chi connectivity index (χ3v) is 8.97. The summed E-state index contributed by atoms with van der Waals surface area (Å²) in [7, 11) is 1.26. The monoisotopic (exact) mass is 622 g/mol. The summed E-state index contributed by atoms with van der Waals surface area (Å²) in [6.07, 6.45) is -0.430. The molecule has 2 aliphatic heterocycles. The minimum atomic E-state index is -0.788. The van der Waals surface area contributed by atoms with Crippen molar-refractivity contribution in [1.29, 1.82) is 0 Å². The number of carbonyl (C=O) groups excluding carboxylic acids is 4. The molecule has 2 amide bonds. The van der Waals surface area contributed by atoms with Gasteiger partial charge in [0.2, 0.25) is 11.7 Å². The SMILES string of the molecule is COC(=O)c1ccc(CC2=C(C(=O)OC(c3ccccc3)c3ccccc3)N3C(=O)[C@@H](NC(=O)Cc4ccccc4)[C@H]3SC2)o1. The summed E-state index contributed by atoms with van der Waals surface area (Å²) in [4.78, 5) is 54.0. The van der Waals surface area contributed by atoms with Gasteiger partial charge in [-0.25, -0.2) is 9.59 Å². The van der Waals surface area contributed by atoms with Crippen LogP contribution in [0.1, 0.15) is 39.1 Å². The number of rotatable bonds is 10. The van der Waals surface area contributed by atoms with Gasteiger partial charge in [-0.3, -0.25) is 14.5 Å².